The Hall–Kier alpha value is -1.25. The molecule has 0 saturated carbocycles. The molecule has 0 aromatic heterocycles. The Bertz CT molecular complexity index is 557. The molecule has 20 heavy (non-hydrogen) atoms. The van der Waals surface area contributed by atoms with Crippen LogP contribution in [0.4, 0.5) is 0 Å². The predicted molar refractivity (Wildman–Crippen MR) is 89.6 cm³/mol. The molecule has 1 unspecified atom stereocenters. The molecule has 0 aliphatic rings. The van der Waals surface area contributed by atoms with Crippen LogP contribution in [0.1, 0.15) is 28.3 Å². The summed E-state index contributed by atoms with van der Waals surface area (Å²) in [5.74, 6) is 1.04. The average molecular weight is 285 g/mol. The van der Waals surface area contributed by atoms with Gasteiger partial charge in [0.15, 0.2) is 0 Å². The minimum Gasteiger partial charge on any atom is -0.312 e. The fourth-order valence-electron chi connectivity index (χ4n) is 2.44. The van der Waals surface area contributed by atoms with Gasteiger partial charge in [-0.15, -0.1) is 11.8 Å². The molecule has 1 N–H and O–H groups in total. The van der Waals surface area contributed by atoms with E-state index < -0.39 is 0 Å². The Balaban J connectivity index is 2.09. The maximum atomic E-state index is 3.44. The zero-order valence-corrected chi connectivity index (χ0v) is 13.6. The third-order valence-electron chi connectivity index (χ3n) is 3.40. The first-order chi connectivity index (χ1) is 9.58. The molecule has 2 aromatic rings. The van der Waals surface area contributed by atoms with Crippen LogP contribution in [0.25, 0.3) is 0 Å². The second kappa shape index (κ2) is 6.96. The molecular weight excluding hydrogens is 262 g/mol. The molecule has 0 radical (unpaired) electrons. The van der Waals surface area contributed by atoms with Gasteiger partial charge in [0.05, 0.1) is 0 Å². The van der Waals surface area contributed by atoms with Crippen LogP contribution in [-0.2, 0) is 0 Å². The largest absolute Gasteiger partial charge is 0.312 e. The van der Waals surface area contributed by atoms with Crippen molar-refractivity contribution in [1.29, 1.82) is 0 Å². The van der Waals surface area contributed by atoms with Crippen molar-refractivity contribution < 1.29 is 0 Å². The number of hydrogen-bond acceptors (Lipinski definition) is 2. The highest BCUT2D eigenvalue weighted by molar-refractivity contribution is 7.99. The van der Waals surface area contributed by atoms with Crippen molar-refractivity contribution >= 4 is 11.8 Å². The number of hydrogen-bond donors (Lipinski definition) is 1. The van der Waals surface area contributed by atoms with E-state index >= 15 is 0 Å². The number of thioether (sulfide) groups is 1. The first-order valence-electron chi connectivity index (χ1n) is 7.03. The lowest BCUT2D eigenvalue weighted by Gasteiger charge is -2.18. The standard InChI is InChI=1S/C18H23NS/c1-13-6-5-7-17(11-13)20-12-18(19-4)16-9-14(2)8-15(3)10-16/h5-11,18-19H,12H2,1-4H3. The van der Waals surface area contributed by atoms with Gasteiger partial charge < -0.3 is 5.32 Å². The van der Waals surface area contributed by atoms with Gasteiger partial charge in [-0.05, 0) is 45.5 Å². The number of aryl methyl sites for hydroxylation is 3. The number of nitrogens with one attached hydrogen (secondary N) is 1. The van der Waals surface area contributed by atoms with Gasteiger partial charge in [-0.25, -0.2) is 0 Å². The van der Waals surface area contributed by atoms with Crippen molar-refractivity contribution in [2.75, 3.05) is 12.8 Å². The molecule has 0 aliphatic heterocycles. The van der Waals surface area contributed by atoms with Gasteiger partial charge in [0.2, 0.25) is 0 Å². The first kappa shape index (κ1) is 15.1. The molecule has 0 amide bonds. The molecule has 0 heterocycles. The molecule has 0 aliphatic carbocycles. The molecule has 2 heteroatoms. The van der Waals surface area contributed by atoms with E-state index in [9.17, 15) is 0 Å². The van der Waals surface area contributed by atoms with E-state index in [1.54, 1.807) is 0 Å². The summed E-state index contributed by atoms with van der Waals surface area (Å²) in [6.07, 6.45) is 0. The molecule has 0 fully saturated rings. The predicted octanol–water partition coefficient (Wildman–Crippen LogP) is 4.66. The highest BCUT2D eigenvalue weighted by atomic mass is 32.2. The lowest BCUT2D eigenvalue weighted by atomic mass is 10.0. The van der Waals surface area contributed by atoms with Gasteiger partial charge in [0, 0.05) is 16.7 Å². The summed E-state index contributed by atoms with van der Waals surface area (Å²) in [5.41, 5.74) is 5.37. The molecule has 0 saturated heterocycles. The van der Waals surface area contributed by atoms with Crippen molar-refractivity contribution in [3.63, 3.8) is 0 Å². The van der Waals surface area contributed by atoms with Gasteiger partial charge in [-0.3, -0.25) is 0 Å². The van der Waals surface area contributed by atoms with E-state index in [2.05, 4.69) is 68.6 Å². The average Bonchev–Trinajstić information content (AvgIpc) is 2.38. The third-order valence-corrected chi connectivity index (χ3v) is 4.49. The molecule has 1 nitrogen and oxygen atoms in total. The molecule has 106 valence electrons. The van der Waals surface area contributed by atoms with Crippen LogP contribution >= 0.6 is 11.8 Å². The zero-order valence-electron chi connectivity index (χ0n) is 12.7. The fourth-order valence-corrected chi connectivity index (χ4v) is 3.60. The van der Waals surface area contributed by atoms with Gasteiger partial charge in [-0.2, -0.15) is 0 Å². The summed E-state index contributed by atoms with van der Waals surface area (Å²) in [4.78, 5) is 1.34. The summed E-state index contributed by atoms with van der Waals surface area (Å²) in [7, 11) is 2.04. The zero-order chi connectivity index (χ0) is 14.5. The first-order valence-corrected chi connectivity index (χ1v) is 8.02. The summed E-state index contributed by atoms with van der Waals surface area (Å²) >= 11 is 1.91. The Morgan fingerprint density at radius 1 is 0.950 bits per heavy atom. The highest BCUT2D eigenvalue weighted by Crippen LogP contribution is 2.26. The quantitative estimate of drug-likeness (QED) is 0.802. The molecule has 0 bridgehead atoms. The lowest BCUT2D eigenvalue weighted by molar-refractivity contribution is 0.661. The summed E-state index contributed by atoms with van der Waals surface area (Å²) in [6, 6.07) is 15.9. The van der Waals surface area contributed by atoms with Crippen LogP contribution in [0.2, 0.25) is 0 Å². The van der Waals surface area contributed by atoms with Crippen LogP contribution in [0.3, 0.4) is 0 Å². The summed E-state index contributed by atoms with van der Waals surface area (Å²) < 4.78 is 0. The Labute approximate surface area is 126 Å². The van der Waals surface area contributed by atoms with Crippen LogP contribution < -0.4 is 5.32 Å². The minimum atomic E-state index is 0.388. The Morgan fingerprint density at radius 3 is 2.25 bits per heavy atom. The smallest absolute Gasteiger partial charge is 0.0413 e. The van der Waals surface area contributed by atoms with Crippen molar-refractivity contribution in [3.05, 3.63) is 64.7 Å². The fraction of sp³-hybridized carbons (Fsp3) is 0.333. The molecule has 2 rings (SSSR count). The maximum Gasteiger partial charge on any atom is 0.0413 e. The van der Waals surface area contributed by atoms with Crippen LogP contribution in [0.15, 0.2) is 47.4 Å². The SMILES string of the molecule is CNC(CSc1cccc(C)c1)c1cc(C)cc(C)c1. The molecule has 2 aromatic carbocycles. The summed E-state index contributed by atoms with van der Waals surface area (Å²) in [6.45, 7) is 6.47. The monoisotopic (exact) mass is 285 g/mol. The highest BCUT2D eigenvalue weighted by Gasteiger charge is 2.10. The van der Waals surface area contributed by atoms with E-state index in [0.29, 0.717) is 6.04 Å². The van der Waals surface area contributed by atoms with Crippen molar-refractivity contribution in [1.82, 2.24) is 5.32 Å². The van der Waals surface area contributed by atoms with E-state index in [4.69, 9.17) is 0 Å². The van der Waals surface area contributed by atoms with Crippen LogP contribution in [0.5, 0.6) is 0 Å². The van der Waals surface area contributed by atoms with Crippen molar-refractivity contribution in [3.8, 4) is 0 Å². The molecular formula is C18H23NS. The van der Waals surface area contributed by atoms with Gasteiger partial charge >= 0.3 is 0 Å². The third kappa shape index (κ3) is 4.12. The second-order valence-corrected chi connectivity index (χ2v) is 6.48. The lowest BCUT2D eigenvalue weighted by Crippen LogP contribution is -2.19. The number of benzene rings is 2. The van der Waals surface area contributed by atoms with Crippen LogP contribution in [0, 0.1) is 20.8 Å². The Morgan fingerprint density at radius 2 is 1.65 bits per heavy atom. The summed E-state index contributed by atoms with van der Waals surface area (Å²) in [5, 5.41) is 3.44. The van der Waals surface area contributed by atoms with E-state index in [1.807, 2.05) is 18.8 Å². The van der Waals surface area contributed by atoms with Gasteiger partial charge in [0.25, 0.3) is 0 Å². The Kier molecular flexibility index (Phi) is 5.27. The van der Waals surface area contributed by atoms with E-state index in [-0.39, 0.29) is 0 Å². The van der Waals surface area contributed by atoms with Gasteiger partial charge in [0.1, 0.15) is 0 Å². The van der Waals surface area contributed by atoms with Gasteiger partial charge in [-0.1, -0.05) is 47.0 Å². The number of rotatable bonds is 5. The van der Waals surface area contributed by atoms with Crippen molar-refractivity contribution in [2.45, 2.75) is 31.7 Å². The normalized spacial score (nSPS) is 12.4. The maximum absolute atomic E-state index is 3.44. The molecule has 0 spiro atoms. The van der Waals surface area contributed by atoms with E-state index in [1.165, 1.54) is 27.1 Å². The minimum absolute atomic E-state index is 0.388. The van der Waals surface area contributed by atoms with Crippen LogP contribution in [-0.4, -0.2) is 12.8 Å². The molecule has 1 atom stereocenters. The van der Waals surface area contributed by atoms with Crippen molar-refractivity contribution in [2.24, 2.45) is 0 Å². The van der Waals surface area contributed by atoms with E-state index in [0.717, 1.165) is 5.75 Å². The topological polar surface area (TPSA) is 12.0 Å². The second-order valence-electron chi connectivity index (χ2n) is 5.39.